The number of oxazole rings is 1. The first-order valence-electron chi connectivity index (χ1n) is 17.4. The molecule has 0 spiro atoms. The van der Waals surface area contributed by atoms with Gasteiger partial charge in [-0.05, 0) is 86.2 Å². The van der Waals surface area contributed by atoms with Crippen LogP contribution in [0.5, 0.6) is 5.75 Å². The van der Waals surface area contributed by atoms with Gasteiger partial charge in [-0.1, -0.05) is 126 Å². The van der Waals surface area contributed by atoms with Gasteiger partial charge in [0, 0.05) is 22.9 Å². The second kappa shape index (κ2) is 12.7. The van der Waals surface area contributed by atoms with Gasteiger partial charge in [0.25, 0.3) is 0 Å². The Bertz CT molecular complexity index is 1960. The molecule has 1 aromatic heterocycles. The normalized spacial score (nSPS) is 13.1. The van der Waals surface area contributed by atoms with E-state index in [1.54, 1.807) is 6.21 Å². The number of fused-ring (bicyclic) bond motifs is 1. The van der Waals surface area contributed by atoms with Gasteiger partial charge in [0.05, 0.1) is 11.3 Å². The molecule has 0 saturated carbocycles. The number of hydrogen-bond donors (Lipinski definition) is 1. The van der Waals surface area contributed by atoms with Crippen molar-refractivity contribution in [1.29, 1.82) is 0 Å². The molecule has 0 aliphatic carbocycles. The van der Waals surface area contributed by atoms with Crippen LogP contribution in [0.2, 0.25) is 0 Å². The van der Waals surface area contributed by atoms with E-state index in [0.29, 0.717) is 23.3 Å². The zero-order chi connectivity index (χ0) is 35.3. The van der Waals surface area contributed by atoms with Crippen molar-refractivity contribution >= 4 is 23.0 Å². The molecule has 0 unspecified atom stereocenters. The van der Waals surface area contributed by atoms with E-state index in [1.807, 2.05) is 30.3 Å². The number of aromatic nitrogens is 1. The minimum atomic E-state index is -0.224. The van der Waals surface area contributed by atoms with Gasteiger partial charge in [0.2, 0.25) is 5.89 Å². The molecule has 0 aliphatic rings. The summed E-state index contributed by atoms with van der Waals surface area (Å²) < 4.78 is 6.62. The second-order valence-electron chi connectivity index (χ2n) is 17.1. The zero-order valence-electron chi connectivity index (χ0n) is 31.3. The molecular weight excluding hydrogens is 588 g/mol. The van der Waals surface area contributed by atoms with Crippen LogP contribution in [0.15, 0.2) is 76.1 Å². The minimum absolute atomic E-state index is 0.0792. The summed E-state index contributed by atoms with van der Waals surface area (Å²) in [7, 11) is 0. The van der Waals surface area contributed by atoms with E-state index < -0.39 is 0 Å². The highest BCUT2D eigenvalue weighted by atomic mass is 16.3. The number of benzene rings is 4. The molecule has 252 valence electrons. The topological polar surface area (TPSA) is 58.6 Å². The molecule has 5 aromatic rings. The Labute approximate surface area is 288 Å². The van der Waals surface area contributed by atoms with Gasteiger partial charge in [0.1, 0.15) is 11.3 Å². The third kappa shape index (κ3) is 7.28. The third-order valence-corrected chi connectivity index (χ3v) is 9.27. The summed E-state index contributed by atoms with van der Waals surface area (Å²) >= 11 is 0. The van der Waals surface area contributed by atoms with Crippen molar-refractivity contribution in [2.24, 2.45) is 4.99 Å². The highest BCUT2D eigenvalue weighted by Crippen LogP contribution is 2.41. The second-order valence-corrected chi connectivity index (χ2v) is 17.1. The molecule has 4 heteroatoms. The SMILES string of the molecule is CC(C)c1cc(-c2cc(C(C)(C)C)cc3oc(-c4ccccc4N=Cc4cc(C(C)(C)C)cc(C(C)(C)C)c4O)nc23)cc(C(C)C)c1. The number of rotatable bonds is 6. The average molecular weight is 643 g/mol. The van der Waals surface area contributed by atoms with Crippen molar-refractivity contribution in [3.05, 3.63) is 100 Å². The molecule has 5 rings (SSSR count). The quantitative estimate of drug-likeness (QED) is 0.187. The maximum atomic E-state index is 11.4. The first-order chi connectivity index (χ1) is 22.2. The van der Waals surface area contributed by atoms with Crippen molar-refractivity contribution in [3.63, 3.8) is 0 Å². The third-order valence-electron chi connectivity index (χ3n) is 9.27. The lowest BCUT2D eigenvalue weighted by Crippen LogP contribution is -2.17. The largest absolute Gasteiger partial charge is 0.507 e. The molecule has 4 aromatic carbocycles. The van der Waals surface area contributed by atoms with Crippen LogP contribution in [-0.4, -0.2) is 16.3 Å². The Kier molecular flexibility index (Phi) is 9.29. The number of para-hydroxylation sites is 1. The maximum absolute atomic E-state index is 11.4. The van der Waals surface area contributed by atoms with Gasteiger partial charge in [-0.25, -0.2) is 4.98 Å². The van der Waals surface area contributed by atoms with Crippen molar-refractivity contribution in [2.45, 2.75) is 118 Å². The molecule has 0 bridgehead atoms. The van der Waals surface area contributed by atoms with E-state index in [4.69, 9.17) is 14.4 Å². The van der Waals surface area contributed by atoms with Crippen LogP contribution in [0.25, 0.3) is 33.7 Å². The fourth-order valence-corrected chi connectivity index (χ4v) is 5.96. The Hall–Kier alpha value is -4.18. The standard InChI is InChI=1S/C44H54N2O2/c1-26(2)28-18-29(27(3)4)20-30(19-28)35-22-33(43(8,9)10)24-38-39(35)46-41(48-38)34-16-14-15-17-37(34)45-25-31-21-32(42(5,6)7)23-36(40(31)47)44(11,12)13/h14-27,47H,1-13H3. The lowest BCUT2D eigenvalue weighted by Gasteiger charge is -2.27. The smallest absolute Gasteiger partial charge is 0.229 e. The molecule has 0 amide bonds. The predicted molar refractivity (Wildman–Crippen MR) is 205 cm³/mol. The van der Waals surface area contributed by atoms with Gasteiger partial charge in [0.15, 0.2) is 5.58 Å². The highest BCUT2D eigenvalue weighted by Gasteiger charge is 2.25. The Morgan fingerprint density at radius 1 is 0.688 bits per heavy atom. The number of phenolic OH excluding ortho intramolecular Hbond substituents is 1. The molecule has 0 saturated heterocycles. The summed E-state index contributed by atoms with van der Waals surface area (Å²) in [5, 5.41) is 11.4. The molecule has 4 nitrogen and oxygen atoms in total. The van der Waals surface area contributed by atoms with Crippen LogP contribution < -0.4 is 0 Å². The van der Waals surface area contributed by atoms with Crippen LogP contribution in [0.4, 0.5) is 5.69 Å². The summed E-state index contributed by atoms with van der Waals surface area (Å²) in [6, 6.07) is 23.5. The van der Waals surface area contributed by atoms with Gasteiger partial charge in [-0.3, -0.25) is 4.99 Å². The fourth-order valence-electron chi connectivity index (χ4n) is 5.96. The Balaban J connectivity index is 1.69. The summed E-state index contributed by atoms with van der Waals surface area (Å²) in [4.78, 5) is 10.1. The van der Waals surface area contributed by atoms with Gasteiger partial charge < -0.3 is 9.52 Å². The number of nitrogens with zero attached hydrogens (tertiary/aromatic N) is 2. The minimum Gasteiger partial charge on any atom is -0.507 e. The number of aliphatic imine (C=N–C) groups is 1. The summed E-state index contributed by atoms with van der Waals surface area (Å²) in [6.45, 7) is 28.7. The van der Waals surface area contributed by atoms with Crippen molar-refractivity contribution in [2.75, 3.05) is 0 Å². The van der Waals surface area contributed by atoms with E-state index in [9.17, 15) is 5.11 Å². The highest BCUT2D eigenvalue weighted by molar-refractivity contribution is 5.94. The summed E-state index contributed by atoms with van der Waals surface area (Å²) in [6.07, 6.45) is 1.77. The zero-order valence-corrected chi connectivity index (χ0v) is 31.3. The fraction of sp³-hybridized carbons (Fsp3) is 0.409. The lowest BCUT2D eigenvalue weighted by molar-refractivity contribution is 0.444. The summed E-state index contributed by atoms with van der Waals surface area (Å²) in [5.41, 5.74) is 11.6. The Morgan fingerprint density at radius 3 is 1.83 bits per heavy atom. The van der Waals surface area contributed by atoms with Crippen molar-refractivity contribution < 1.29 is 9.52 Å². The molecule has 0 atom stereocenters. The van der Waals surface area contributed by atoms with Crippen molar-refractivity contribution in [3.8, 4) is 28.3 Å². The van der Waals surface area contributed by atoms with Crippen LogP contribution in [0, 0.1) is 0 Å². The van der Waals surface area contributed by atoms with Gasteiger partial charge in [-0.15, -0.1) is 0 Å². The number of aromatic hydroxyl groups is 1. The number of hydrogen-bond acceptors (Lipinski definition) is 4. The lowest BCUT2D eigenvalue weighted by atomic mass is 9.79. The van der Waals surface area contributed by atoms with Gasteiger partial charge in [-0.2, -0.15) is 0 Å². The molecule has 0 fully saturated rings. The van der Waals surface area contributed by atoms with E-state index >= 15 is 0 Å². The first-order valence-corrected chi connectivity index (χ1v) is 17.4. The molecule has 0 aliphatic heterocycles. The van der Waals surface area contributed by atoms with Crippen LogP contribution in [-0.2, 0) is 16.2 Å². The monoisotopic (exact) mass is 642 g/mol. The van der Waals surface area contributed by atoms with E-state index in [-0.39, 0.29) is 22.0 Å². The van der Waals surface area contributed by atoms with E-state index in [1.165, 1.54) is 16.7 Å². The van der Waals surface area contributed by atoms with Crippen LogP contribution in [0.3, 0.4) is 0 Å². The maximum Gasteiger partial charge on any atom is 0.229 e. The van der Waals surface area contributed by atoms with Gasteiger partial charge >= 0.3 is 0 Å². The van der Waals surface area contributed by atoms with E-state index in [2.05, 4.69) is 126 Å². The van der Waals surface area contributed by atoms with Crippen LogP contribution in [0.1, 0.15) is 135 Å². The van der Waals surface area contributed by atoms with Crippen LogP contribution >= 0.6 is 0 Å². The molecular formula is C44H54N2O2. The Morgan fingerprint density at radius 2 is 1.27 bits per heavy atom. The molecule has 1 N–H and O–H groups in total. The van der Waals surface area contributed by atoms with E-state index in [0.717, 1.165) is 44.6 Å². The summed E-state index contributed by atoms with van der Waals surface area (Å²) in [5.74, 6) is 1.60. The van der Waals surface area contributed by atoms with Crippen molar-refractivity contribution in [1.82, 2.24) is 4.98 Å². The number of phenols is 1. The first kappa shape index (κ1) is 35.1. The molecule has 0 radical (unpaired) electrons. The molecule has 48 heavy (non-hydrogen) atoms. The average Bonchev–Trinajstić information content (AvgIpc) is 3.42. The predicted octanol–water partition coefficient (Wildman–Crippen LogP) is 12.8. The molecule has 1 heterocycles.